The molecule has 9 nitrogen and oxygen atoms in total. The number of rotatable bonds is 8. The summed E-state index contributed by atoms with van der Waals surface area (Å²) in [7, 11) is -2.48. The highest BCUT2D eigenvalue weighted by Crippen LogP contribution is 2.29. The minimum absolute atomic E-state index is 0.0552. The standard InChI is InChI=1S/C22H22N4O5S/c1-15-7-9-20(16(2)11-15)25-32(29,30)19-8-10-21(22(13-19)26(27)28)24-23-14-17-5-4-6-18(12-17)31-3/h4-14,24-25H,1-3H3/b23-14-. The minimum atomic E-state index is -4.03. The molecule has 0 bridgehead atoms. The van der Waals surface area contributed by atoms with Gasteiger partial charge in [-0.05, 0) is 55.3 Å². The van der Waals surface area contributed by atoms with Gasteiger partial charge in [0.25, 0.3) is 15.7 Å². The van der Waals surface area contributed by atoms with Crippen molar-refractivity contribution in [1.82, 2.24) is 0 Å². The predicted octanol–water partition coefficient (Wildman–Crippen LogP) is 4.47. The SMILES string of the molecule is COc1cccc(/C=N\Nc2ccc(S(=O)(=O)Nc3ccc(C)cc3C)cc2[N+](=O)[O-])c1. The van der Waals surface area contributed by atoms with Crippen LogP contribution in [0.5, 0.6) is 5.75 Å². The number of hydrazone groups is 1. The van der Waals surface area contributed by atoms with Crippen molar-refractivity contribution in [3.63, 3.8) is 0 Å². The number of methoxy groups -OCH3 is 1. The molecule has 2 N–H and O–H groups in total. The molecular formula is C22H22N4O5S. The lowest BCUT2D eigenvalue weighted by molar-refractivity contribution is -0.384. The number of hydrogen-bond acceptors (Lipinski definition) is 7. The van der Waals surface area contributed by atoms with Crippen LogP contribution in [-0.2, 0) is 10.0 Å². The fourth-order valence-electron chi connectivity index (χ4n) is 2.95. The maximum absolute atomic E-state index is 12.8. The molecule has 166 valence electrons. The Labute approximate surface area is 185 Å². The molecule has 0 amide bonds. The summed E-state index contributed by atoms with van der Waals surface area (Å²) in [6.45, 7) is 3.68. The van der Waals surface area contributed by atoms with E-state index in [0.29, 0.717) is 11.4 Å². The molecule has 0 aliphatic carbocycles. The highest BCUT2D eigenvalue weighted by molar-refractivity contribution is 7.92. The van der Waals surface area contributed by atoms with Crippen molar-refractivity contribution >= 4 is 33.3 Å². The summed E-state index contributed by atoms with van der Waals surface area (Å²) < 4.78 is 33.2. The third kappa shape index (κ3) is 5.41. The molecule has 3 aromatic carbocycles. The van der Waals surface area contributed by atoms with Crippen LogP contribution in [0.1, 0.15) is 16.7 Å². The molecule has 0 radical (unpaired) electrons. The van der Waals surface area contributed by atoms with Crippen LogP contribution < -0.4 is 14.9 Å². The van der Waals surface area contributed by atoms with E-state index in [1.165, 1.54) is 18.3 Å². The Morgan fingerprint density at radius 3 is 2.47 bits per heavy atom. The third-order valence-corrected chi connectivity index (χ3v) is 5.96. The molecule has 0 unspecified atom stereocenters. The minimum Gasteiger partial charge on any atom is -0.497 e. The summed E-state index contributed by atoms with van der Waals surface area (Å²) in [6.07, 6.45) is 1.47. The number of nitro benzene ring substituents is 1. The fraction of sp³-hybridized carbons (Fsp3) is 0.136. The van der Waals surface area contributed by atoms with Gasteiger partial charge in [-0.25, -0.2) is 8.42 Å². The summed E-state index contributed by atoms with van der Waals surface area (Å²) in [6, 6.07) is 15.9. The van der Waals surface area contributed by atoms with Gasteiger partial charge in [0.15, 0.2) is 0 Å². The van der Waals surface area contributed by atoms with E-state index >= 15 is 0 Å². The maximum atomic E-state index is 12.8. The van der Waals surface area contributed by atoms with Gasteiger partial charge >= 0.3 is 0 Å². The highest BCUT2D eigenvalue weighted by atomic mass is 32.2. The van der Waals surface area contributed by atoms with E-state index in [1.807, 2.05) is 13.0 Å². The van der Waals surface area contributed by atoms with Crippen molar-refractivity contribution in [2.45, 2.75) is 18.7 Å². The number of ether oxygens (including phenoxy) is 1. The second-order valence-corrected chi connectivity index (χ2v) is 8.69. The second kappa shape index (κ2) is 9.48. The van der Waals surface area contributed by atoms with Crippen molar-refractivity contribution in [1.29, 1.82) is 0 Å². The third-order valence-electron chi connectivity index (χ3n) is 4.59. The van der Waals surface area contributed by atoms with Gasteiger partial charge in [-0.3, -0.25) is 20.3 Å². The smallest absolute Gasteiger partial charge is 0.295 e. The fourth-order valence-corrected chi connectivity index (χ4v) is 4.10. The zero-order chi connectivity index (χ0) is 23.3. The van der Waals surface area contributed by atoms with Crippen molar-refractivity contribution in [2.24, 2.45) is 5.10 Å². The molecule has 0 heterocycles. The van der Waals surface area contributed by atoms with Gasteiger partial charge in [0.2, 0.25) is 0 Å². The average Bonchev–Trinajstić information content (AvgIpc) is 2.76. The van der Waals surface area contributed by atoms with E-state index in [2.05, 4.69) is 15.2 Å². The van der Waals surface area contributed by atoms with E-state index in [0.717, 1.165) is 22.8 Å². The van der Waals surface area contributed by atoms with Crippen LogP contribution in [0, 0.1) is 24.0 Å². The van der Waals surface area contributed by atoms with E-state index in [4.69, 9.17) is 4.74 Å². The molecule has 0 aliphatic heterocycles. The number of aryl methyl sites for hydroxylation is 2. The number of sulfonamides is 1. The molecule has 3 aromatic rings. The van der Waals surface area contributed by atoms with Crippen molar-refractivity contribution in [3.8, 4) is 5.75 Å². The van der Waals surface area contributed by atoms with E-state index in [9.17, 15) is 18.5 Å². The summed E-state index contributed by atoms with van der Waals surface area (Å²) in [4.78, 5) is 10.7. The second-order valence-electron chi connectivity index (χ2n) is 7.01. The van der Waals surface area contributed by atoms with Gasteiger partial charge in [-0.2, -0.15) is 5.10 Å². The molecule has 10 heteroatoms. The zero-order valence-corrected chi connectivity index (χ0v) is 18.5. The van der Waals surface area contributed by atoms with Crippen LogP contribution in [0.3, 0.4) is 0 Å². The first kappa shape index (κ1) is 22.8. The number of nitro groups is 1. The van der Waals surface area contributed by atoms with Crippen LogP contribution in [0.25, 0.3) is 0 Å². The lowest BCUT2D eigenvalue weighted by atomic mass is 10.1. The molecule has 0 atom stereocenters. The molecule has 0 aliphatic rings. The summed E-state index contributed by atoms with van der Waals surface area (Å²) in [5, 5.41) is 15.6. The Morgan fingerprint density at radius 1 is 1.03 bits per heavy atom. The van der Waals surface area contributed by atoms with Gasteiger partial charge in [0.1, 0.15) is 11.4 Å². The number of hydrogen-bond donors (Lipinski definition) is 2. The number of benzene rings is 3. The largest absolute Gasteiger partial charge is 0.497 e. The van der Waals surface area contributed by atoms with Crippen molar-refractivity contribution < 1.29 is 18.1 Å². The van der Waals surface area contributed by atoms with Crippen molar-refractivity contribution in [2.75, 3.05) is 17.3 Å². The van der Waals surface area contributed by atoms with Crippen LogP contribution >= 0.6 is 0 Å². The molecule has 3 rings (SSSR count). The lowest BCUT2D eigenvalue weighted by Gasteiger charge is -2.12. The Balaban J connectivity index is 1.85. The Bertz CT molecular complexity index is 1290. The quantitative estimate of drug-likeness (QED) is 0.294. The Hall–Kier alpha value is -3.92. The van der Waals surface area contributed by atoms with Gasteiger partial charge in [0.05, 0.1) is 28.8 Å². The number of nitrogens with one attached hydrogen (secondary N) is 2. The average molecular weight is 455 g/mol. The number of anilines is 2. The van der Waals surface area contributed by atoms with Gasteiger partial charge < -0.3 is 4.74 Å². The summed E-state index contributed by atoms with van der Waals surface area (Å²) in [5.41, 5.74) is 5.09. The van der Waals surface area contributed by atoms with E-state index in [1.54, 1.807) is 50.4 Å². The Kier molecular flexibility index (Phi) is 6.74. The monoisotopic (exact) mass is 454 g/mol. The normalized spacial score (nSPS) is 11.3. The first-order valence-electron chi connectivity index (χ1n) is 9.51. The first-order valence-corrected chi connectivity index (χ1v) is 11.0. The molecule has 0 aromatic heterocycles. The molecular weight excluding hydrogens is 432 g/mol. The van der Waals surface area contributed by atoms with Crippen LogP contribution in [-0.4, -0.2) is 26.7 Å². The van der Waals surface area contributed by atoms with Gasteiger partial charge in [-0.15, -0.1) is 0 Å². The summed E-state index contributed by atoms with van der Waals surface area (Å²) in [5.74, 6) is 0.644. The Morgan fingerprint density at radius 2 is 1.78 bits per heavy atom. The lowest BCUT2D eigenvalue weighted by Crippen LogP contribution is -2.14. The molecule has 0 spiro atoms. The van der Waals surface area contributed by atoms with Crippen molar-refractivity contribution in [3.05, 3.63) is 87.5 Å². The highest BCUT2D eigenvalue weighted by Gasteiger charge is 2.22. The molecule has 0 saturated carbocycles. The van der Waals surface area contributed by atoms with E-state index < -0.39 is 20.6 Å². The van der Waals surface area contributed by atoms with E-state index in [-0.39, 0.29) is 10.6 Å². The first-order chi connectivity index (χ1) is 15.2. The predicted molar refractivity (Wildman–Crippen MR) is 124 cm³/mol. The molecule has 32 heavy (non-hydrogen) atoms. The number of nitrogens with zero attached hydrogens (tertiary/aromatic N) is 2. The zero-order valence-electron chi connectivity index (χ0n) is 17.7. The van der Waals surface area contributed by atoms with Crippen LogP contribution in [0.2, 0.25) is 0 Å². The van der Waals surface area contributed by atoms with Crippen LogP contribution in [0.4, 0.5) is 17.1 Å². The molecule has 0 saturated heterocycles. The van der Waals surface area contributed by atoms with Crippen LogP contribution in [0.15, 0.2) is 70.7 Å². The topological polar surface area (TPSA) is 123 Å². The molecule has 0 fully saturated rings. The van der Waals surface area contributed by atoms with Gasteiger partial charge in [0, 0.05) is 6.07 Å². The summed E-state index contributed by atoms with van der Waals surface area (Å²) >= 11 is 0. The van der Waals surface area contributed by atoms with Gasteiger partial charge in [-0.1, -0.05) is 29.8 Å². The maximum Gasteiger partial charge on any atom is 0.295 e.